The highest BCUT2D eigenvalue weighted by atomic mass is 19.4. The summed E-state index contributed by atoms with van der Waals surface area (Å²) in [7, 11) is 1.89. The largest absolute Gasteiger partial charge is 0.434 e. The van der Waals surface area contributed by atoms with Gasteiger partial charge in [0.1, 0.15) is 23.1 Å². The molecule has 1 aliphatic heterocycles. The number of nitrogens with zero attached hydrogens (tertiary/aromatic N) is 6. The Morgan fingerprint density at radius 2 is 1.81 bits per heavy atom. The average molecular weight is 573 g/mol. The van der Waals surface area contributed by atoms with E-state index in [1.54, 1.807) is 12.4 Å². The third kappa shape index (κ3) is 5.19. The van der Waals surface area contributed by atoms with E-state index < -0.39 is 11.7 Å². The molecule has 1 atom stereocenters. The molecule has 3 aromatic heterocycles. The number of benzene rings is 2. The van der Waals surface area contributed by atoms with Crippen LogP contribution < -0.4 is 0 Å². The van der Waals surface area contributed by atoms with Crippen LogP contribution in [0, 0.1) is 5.92 Å². The fourth-order valence-electron chi connectivity index (χ4n) is 6.05. The van der Waals surface area contributed by atoms with Gasteiger partial charge in [-0.2, -0.15) is 13.2 Å². The van der Waals surface area contributed by atoms with E-state index in [1.165, 1.54) is 6.07 Å². The molecule has 42 heavy (non-hydrogen) atoms. The number of oxazole rings is 1. The summed E-state index contributed by atoms with van der Waals surface area (Å²) >= 11 is 0. The van der Waals surface area contributed by atoms with Gasteiger partial charge in [-0.25, -0.2) is 9.97 Å². The van der Waals surface area contributed by atoms with Gasteiger partial charge in [0.25, 0.3) is 0 Å². The van der Waals surface area contributed by atoms with Gasteiger partial charge >= 0.3 is 6.18 Å². The van der Waals surface area contributed by atoms with Crippen LogP contribution >= 0.6 is 0 Å². The lowest BCUT2D eigenvalue weighted by Gasteiger charge is -2.30. The van der Waals surface area contributed by atoms with Crippen LogP contribution in [-0.2, 0) is 19.8 Å². The molecule has 216 valence electrons. The molecule has 0 radical (unpaired) electrons. The van der Waals surface area contributed by atoms with Gasteiger partial charge in [0.05, 0.1) is 0 Å². The molecule has 4 heterocycles. The fourth-order valence-corrected chi connectivity index (χ4v) is 6.05. The van der Waals surface area contributed by atoms with Crippen LogP contribution in [0.3, 0.4) is 0 Å². The molecule has 1 saturated carbocycles. The molecule has 10 heteroatoms. The number of likely N-dealkylation sites (tertiary alicyclic amines) is 1. The van der Waals surface area contributed by atoms with Gasteiger partial charge in [-0.15, -0.1) is 10.2 Å². The van der Waals surface area contributed by atoms with Crippen molar-refractivity contribution in [1.29, 1.82) is 0 Å². The molecule has 0 unspecified atom stereocenters. The van der Waals surface area contributed by atoms with Crippen LogP contribution in [0.5, 0.6) is 0 Å². The number of aromatic nitrogens is 5. The van der Waals surface area contributed by atoms with Crippen LogP contribution in [0.15, 0.2) is 59.3 Å². The first-order valence-corrected chi connectivity index (χ1v) is 14.4. The summed E-state index contributed by atoms with van der Waals surface area (Å²) in [5.41, 5.74) is 3.71. The van der Waals surface area contributed by atoms with E-state index in [0.717, 1.165) is 61.2 Å². The van der Waals surface area contributed by atoms with Gasteiger partial charge in [0.15, 0.2) is 11.4 Å². The number of pyridine rings is 1. The van der Waals surface area contributed by atoms with E-state index in [0.29, 0.717) is 35.5 Å². The third-order valence-corrected chi connectivity index (χ3v) is 8.25. The lowest BCUT2D eigenvalue weighted by Crippen LogP contribution is -2.33. The van der Waals surface area contributed by atoms with E-state index in [4.69, 9.17) is 9.40 Å². The Balaban J connectivity index is 1.33. The first-order valence-electron chi connectivity index (χ1n) is 14.4. The minimum atomic E-state index is -4.58. The quantitative estimate of drug-likeness (QED) is 0.210. The molecular weight excluding hydrogens is 541 g/mol. The first kappa shape index (κ1) is 26.8. The minimum absolute atomic E-state index is 0.0825. The maximum absolute atomic E-state index is 14.3. The SMILES string of the molecule is C[C@H]1CCCN(Cc2cc(C(F)(F)F)c3oc(-c4cc(-c5ccccc5-c5nncn5C)cc(C5CC5)n4)nc3c2)C1. The number of fused-ring (bicyclic) bond motifs is 1. The van der Waals surface area contributed by atoms with Crippen molar-refractivity contribution in [3.8, 4) is 34.1 Å². The number of rotatable bonds is 6. The normalized spacial score (nSPS) is 18.2. The number of halogens is 3. The molecule has 7 rings (SSSR count). The summed E-state index contributed by atoms with van der Waals surface area (Å²) in [5.74, 6) is 1.63. The van der Waals surface area contributed by atoms with Crippen LogP contribution in [0.2, 0.25) is 0 Å². The maximum atomic E-state index is 14.3. The molecule has 0 spiro atoms. The van der Waals surface area contributed by atoms with Gasteiger partial charge in [0.2, 0.25) is 5.89 Å². The van der Waals surface area contributed by atoms with E-state index in [-0.39, 0.29) is 17.0 Å². The summed E-state index contributed by atoms with van der Waals surface area (Å²) < 4.78 is 50.6. The first-order chi connectivity index (χ1) is 20.2. The second-order valence-corrected chi connectivity index (χ2v) is 11.7. The Morgan fingerprint density at radius 1 is 1.00 bits per heavy atom. The molecule has 2 aliphatic rings. The second kappa shape index (κ2) is 10.3. The summed E-state index contributed by atoms with van der Waals surface area (Å²) in [6.45, 7) is 4.39. The van der Waals surface area contributed by atoms with E-state index in [1.807, 2.05) is 41.9 Å². The van der Waals surface area contributed by atoms with Crippen LogP contribution in [-0.4, -0.2) is 42.7 Å². The molecule has 7 nitrogen and oxygen atoms in total. The van der Waals surface area contributed by atoms with Crippen molar-refractivity contribution in [2.24, 2.45) is 13.0 Å². The highest BCUT2D eigenvalue weighted by Gasteiger charge is 2.36. The fraction of sp³-hybridized carbons (Fsp3) is 0.375. The predicted molar refractivity (Wildman–Crippen MR) is 153 cm³/mol. The molecule has 1 saturated heterocycles. The monoisotopic (exact) mass is 572 g/mol. The Hall–Kier alpha value is -4.05. The molecule has 5 aromatic rings. The number of hydrogen-bond acceptors (Lipinski definition) is 6. The smallest absolute Gasteiger partial charge is 0.420 e. The zero-order valence-electron chi connectivity index (χ0n) is 23.5. The van der Waals surface area contributed by atoms with Crippen molar-refractivity contribution in [3.05, 3.63) is 71.7 Å². The van der Waals surface area contributed by atoms with Gasteiger partial charge in [0, 0.05) is 37.3 Å². The lowest BCUT2D eigenvalue weighted by atomic mass is 9.97. The molecule has 0 bridgehead atoms. The summed E-state index contributed by atoms with van der Waals surface area (Å²) in [4.78, 5) is 11.6. The minimum Gasteiger partial charge on any atom is -0.434 e. The Kier molecular flexibility index (Phi) is 6.61. The zero-order valence-corrected chi connectivity index (χ0v) is 23.5. The highest BCUT2D eigenvalue weighted by molar-refractivity contribution is 5.84. The van der Waals surface area contributed by atoms with Crippen molar-refractivity contribution in [2.45, 2.75) is 51.2 Å². The van der Waals surface area contributed by atoms with Crippen LogP contribution in [0.25, 0.3) is 45.2 Å². The van der Waals surface area contributed by atoms with Gasteiger partial charge < -0.3 is 8.98 Å². The molecule has 0 amide bonds. The van der Waals surface area contributed by atoms with Crippen molar-refractivity contribution < 1.29 is 17.6 Å². The van der Waals surface area contributed by atoms with E-state index in [9.17, 15) is 13.2 Å². The average Bonchev–Trinajstić information content (AvgIpc) is 3.59. The van der Waals surface area contributed by atoms with Crippen LogP contribution in [0.4, 0.5) is 13.2 Å². The van der Waals surface area contributed by atoms with Gasteiger partial charge in [-0.3, -0.25) is 4.90 Å². The topological polar surface area (TPSA) is 72.9 Å². The molecule has 1 aliphatic carbocycles. The van der Waals surface area contributed by atoms with Crippen LogP contribution in [0.1, 0.15) is 55.3 Å². The summed E-state index contributed by atoms with van der Waals surface area (Å²) in [6.07, 6.45) is 1.30. The number of aryl methyl sites for hydroxylation is 1. The Morgan fingerprint density at radius 3 is 2.52 bits per heavy atom. The highest BCUT2D eigenvalue weighted by Crippen LogP contribution is 2.43. The Bertz CT molecular complexity index is 1770. The summed E-state index contributed by atoms with van der Waals surface area (Å²) in [6, 6.07) is 14.7. The molecular formula is C32H31F3N6O. The third-order valence-electron chi connectivity index (χ3n) is 8.25. The van der Waals surface area contributed by atoms with Crippen molar-refractivity contribution in [3.63, 3.8) is 0 Å². The zero-order chi connectivity index (χ0) is 29.0. The molecule has 0 N–H and O–H groups in total. The molecule has 2 fully saturated rings. The van der Waals surface area contributed by atoms with Crippen molar-refractivity contribution in [1.82, 2.24) is 29.6 Å². The number of alkyl halides is 3. The number of hydrogen-bond donors (Lipinski definition) is 0. The Labute approximate surface area is 241 Å². The second-order valence-electron chi connectivity index (χ2n) is 11.7. The van der Waals surface area contributed by atoms with Crippen molar-refractivity contribution >= 4 is 11.1 Å². The van der Waals surface area contributed by atoms with E-state index >= 15 is 0 Å². The van der Waals surface area contributed by atoms with Gasteiger partial charge in [-0.1, -0.05) is 31.2 Å². The summed E-state index contributed by atoms with van der Waals surface area (Å²) in [5, 5.41) is 8.33. The van der Waals surface area contributed by atoms with E-state index in [2.05, 4.69) is 33.1 Å². The maximum Gasteiger partial charge on any atom is 0.420 e. The molecule has 2 aromatic carbocycles. The van der Waals surface area contributed by atoms with Gasteiger partial charge in [-0.05, 0) is 79.1 Å². The standard InChI is InChI=1S/C32H31F3N6O/c1-19-6-5-11-41(16-19)17-20-12-25(32(33,34)35)29-27(13-20)38-31(42-29)28-15-22(14-26(37-28)21-9-10-21)23-7-3-4-8-24(23)30-39-36-18-40(30)2/h3-4,7-8,12-15,18-19,21H,5-6,9-11,16-17H2,1-2H3/t19-/m0/s1. The predicted octanol–water partition coefficient (Wildman–Crippen LogP) is 7.48. The lowest BCUT2D eigenvalue weighted by molar-refractivity contribution is -0.136. The van der Waals surface area contributed by atoms with Crippen molar-refractivity contribution in [2.75, 3.05) is 13.1 Å². The number of piperidine rings is 1.